The first-order valence-corrected chi connectivity index (χ1v) is 15.2. The number of pyridine rings is 1. The molecule has 0 bridgehead atoms. The average Bonchev–Trinajstić information content (AvgIpc) is 2.98. The van der Waals surface area contributed by atoms with Crippen molar-refractivity contribution in [3.63, 3.8) is 0 Å². The van der Waals surface area contributed by atoms with Gasteiger partial charge in [0, 0.05) is 37.2 Å². The number of nitrogens with two attached hydrogens (primary N) is 1. The number of carbonyl (C=O) groups is 1. The molecule has 0 amide bonds. The first kappa shape index (κ1) is 33.2. The van der Waals surface area contributed by atoms with Crippen molar-refractivity contribution in [3.8, 4) is 0 Å². The number of carboxylic acid groups (broad SMARTS) is 1. The summed E-state index contributed by atoms with van der Waals surface area (Å²) in [6.07, 6.45) is 7.77. The summed E-state index contributed by atoms with van der Waals surface area (Å²) < 4.78 is 11.2. The first-order chi connectivity index (χ1) is 20.4. The van der Waals surface area contributed by atoms with Crippen LogP contribution in [-0.2, 0) is 27.1 Å². The van der Waals surface area contributed by atoms with E-state index in [1.807, 2.05) is 24.3 Å². The van der Waals surface area contributed by atoms with E-state index in [-0.39, 0.29) is 6.42 Å². The molecule has 1 aromatic carbocycles. The van der Waals surface area contributed by atoms with Gasteiger partial charge in [0.15, 0.2) is 0 Å². The number of aryl methyl sites for hydroxylation is 2. The number of fused-ring (bicyclic) bond motifs is 2. The molecule has 3 heterocycles. The molecule has 1 aliphatic heterocycles. The molecular weight excluding hydrogens is 532 g/mol. The SMILES string of the molecule is CC(C)COCCOCCN(CCCCc1ccc2c(n1)NCCC2)CCCC(=O)O.Nc1ncnc2ccccc12. The molecule has 1 aliphatic rings. The van der Waals surface area contributed by atoms with Gasteiger partial charge < -0.3 is 30.5 Å². The minimum atomic E-state index is -0.731. The molecule has 0 atom stereocenters. The standard InChI is InChI=1S/C24H41N3O4.C8H7N3/c1-20(2)19-31-18-17-30-16-15-27(14-6-9-23(28)29)13-4-3-8-22-11-10-21-7-5-12-25-24(21)26-22;9-8-6-3-1-2-4-7(6)10-5-11-8/h10-11,20H,3-9,12-19H2,1-2H3,(H,25,26)(H,28,29);1-5H,(H2,9,10,11). The van der Waals surface area contributed by atoms with E-state index in [4.69, 9.17) is 25.3 Å². The van der Waals surface area contributed by atoms with E-state index in [2.05, 4.69) is 46.2 Å². The van der Waals surface area contributed by atoms with Crippen molar-refractivity contribution in [1.29, 1.82) is 0 Å². The number of hydrogen-bond donors (Lipinski definition) is 3. The van der Waals surface area contributed by atoms with Crippen LogP contribution in [0.1, 0.15) is 57.2 Å². The Hall–Kier alpha value is -3.34. The zero-order valence-corrected chi connectivity index (χ0v) is 25.3. The van der Waals surface area contributed by atoms with Gasteiger partial charge in [0.25, 0.3) is 0 Å². The summed E-state index contributed by atoms with van der Waals surface area (Å²) in [5.74, 6) is 1.41. The molecule has 0 spiro atoms. The van der Waals surface area contributed by atoms with Crippen molar-refractivity contribution in [3.05, 3.63) is 54.0 Å². The summed E-state index contributed by atoms with van der Waals surface area (Å²) in [4.78, 5) is 25.9. The summed E-state index contributed by atoms with van der Waals surface area (Å²) in [5.41, 5.74) is 8.97. The lowest BCUT2D eigenvalue weighted by atomic mass is 10.1. The van der Waals surface area contributed by atoms with E-state index in [0.717, 1.165) is 80.9 Å². The molecule has 0 unspecified atom stereocenters. The van der Waals surface area contributed by atoms with Gasteiger partial charge in [-0.3, -0.25) is 4.79 Å². The van der Waals surface area contributed by atoms with Crippen LogP contribution < -0.4 is 11.1 Å². The van der Waals surface area contributed by atoms with E-state index < -0.39 is 5.97 Å². The highest BCUT2D eigenvalue weighted by Crippen LogP contribution is 2.20. The van der Waals surface area contributed by atoms with Gasteiger partial charge in [0.05, 0.1) is 25.3 Å². The van der Waals surface area contributed by atoms with Gasteiger partial charge in [-0.15, -0.1) is 0 Å². The zero-order valence-electron chi connectivity index (χ0n) is 25.3. The van der Waals surface area contributed by atoms with Crippen LogP contribution in [0.2, 0.25) is 0 Å². The summed E-state index contributed by atoms with van der Waals surface area (Å²) in [7, 11) is 0. The maximum absolute atomic E-state index is 10.8. The summed E-state index contributed by atoms with van der Waals surface area (Å²) >= 11 is 0. The number of ether oxygens (including phenoxy) is 2. The number of nitrogens with one attached hydrogen (secondary N) is 1. The van der Waals surface area contributed by atoms with Crippen LogP contribution in [0.15, 0.2) is 42.7 Å². The maximum atomic E-state index is 10.8. The third kappa shape index (κ3) is 12.7. The highest BCUT2D eigenvalue weighted by atomic mass is 16.5. The van der Waals surface area contributed by atoms with Crippen molar-refractivity contribution in [2.45, 2.75) is 58.8 Å². The minimum Gasteiger partial charge on any atom is -0.481 e. The molecule has 4 rings (SSSR count). The molecule has 10 heteroatoms. The number of anilines is 2. The van der Waals surface area contributed by atoms with Gasteiger partial charge in [0.1, 0.15) is 18.0 Å². The molecule has 3 aromatic rings. The summed E-state index contributed by atoms with van der Waals surface area (Å²) in [6, 6.07) is 12.0. The molecule has 42 heavy (non-hydrogen) atoms. The molecule has 4 N–H and O–H groups in total. The topological polar surface area (TPSA) is 136 Å². The Kier molecular flexibility index (Phi) is 15.0. The Bertz CT molecular complexity index is 1200. The van der Waals surface area contributed by atoms with Gasteiger partial charge in [-0.1, -0.05) is 32.0 Å². The Labute approximate surface area is 250 Å². The molecular formula is C32H48N6O4. The average molecular weight is 581 g/mol. The summed E-state index contributed by atoms with van der Waals surface area (Å²) in [5, 5.41) is 13.2. The largest absolute Gasteiger partial charge is 0.481 e. The van der Waals surface area contributed by atoms with Crippen LogP contribution in [0.4, 0.5) is 11.6 Å². The normalized spacial score (nSPS) is 12.6. The lowest BCUT2D eigenvalue weighted by Crippen LogP contribution is -2.30. The number of aliphatic carboxylic acids is 1. The Morgan fingerprint density at radius 2 is 1.83 bits per heavy atom. The summed E-state index contributed by atoms with van der Waals surface area (Å²) in [6.45, 7) is 10.5. The molecule has 0 saturated heterocycles. The van der Waals surface area contributed by atoms with Crippen LogP contribution >= 0.6 is 0 Å². The smallest absolute Gasteiger partial charge is 0.303 e. The number of para-hydroxylation sites is 1. The fourth-order valence-electron chi connectivity index (χ4n) is 4.70. The molecule has 0 saturated carbocycles. The monoisotopic (exact) mass is 580 g/mol. The number of hydrogen-bond acceptors (Lipinski definition) is 9. The molecule has 10 nitrogen and oxygen atoms in total. The third-order valence-electron chi connectivity index (χ3n) is 6.92. The Morgan fingerprint density at radius 1 is 1.02 bits per heavy atom. The quantitative estimate of drug-likeness (QED) is 0.191. The number of nitrogens with zero attached hydrogens (tertiary/aromatic N) is 4. The lowest BCUT2D eigenvalue weighted by molar-refractivity contribution is -0.137. The van der Waals surface area contributed by atoms with Crippen LogP contribution in [-0.4, -0.2) is 83.5 Å². The van der Waals surface area contributed by atoms with Gasteiger partial charge in [-0.2, -0.15) is 0 Å². The van der Waals surface area contributed by atoms with Crippen molar-refractivity contribution >= 4 is 28.5 Å². The van der Waals surface area contributed by atoms with Crippen LogP contribution in [0, 0.1) is 5.92 Å². The molecule has 0 radical (unpaired) electrons. The molecule has 0 fully saturated rings. The number of nitrogen functional groups attached to an aromatic ring is 1. The van der Waals surface area contributed by atoms with Gasteiger partial charge in [0.2, 0.25) is 0 Å². The van der Waals surface area contributed by atoms with E-state index in [1.54, 1.807) is 0 Å². The van der Waals surface area contributed by atoms with Crippen molar-refractivity contribution in [2.75, 3.05) is 63.7 Å². The lowest BCUT2D eigenvalue weighted by Gasteiger charge is -2.22. The van der Waals surface area contributed by atoms with Crippen molar-refractivity contribution in [1.82, 2.24) is 19.9 Å². The second-order valence-corrected chi connectivity index (χ2v) is 11.0. The van der Waals surface area contributed by atoms with Crippen LogP contribution in [0.3, 0.4) is 0 Å². The second-order valence-electron chi connectivity index (χ2n) is 11.0. The van der Waals surface area contributed by atoms with E-state index >= 15 is 0 Å². The minimum absolute atomic E-state index is 0.215. The van der Waals surface area contributed by atoms with Crippen LogP contribution in [0.25, 0.3) is 10.9 Å². The van der Waals surface area contributed by atoms with E-state index in [0.29, 0.717) is 38.0 Å². The molecule has 230 valence electrons. The van der Waals surface area contributed by atoms with Gasteiger partial charge in [-0.25, -0.2) is 15.0 Å². The van der Waals surface area contributed by atoms with E-state index in [1.165, 1.54) is 18.3 Å². The highest BCUT2D eigenvalue weighted by molar-refractivity contribution is 5.87. The number of unbranched alkanes of at least 4 members (excludes halogenated alkanes) is 1. The third-order valence-corrected chi connectivity index (χ3v) is 6.92. The number of rotatable bonds is 17. The Balaban J connectivity index is 0.000000363. The van der Waals surface area contributed by atoms with Crippen molar-refractivity contribution < 1.29 is 19.4 Å². The second kappa shape index (κ2) is 19.0. The molecule has 2 aromatic heterocycles. The zero-order chi connectivity index (χ0) is 30.0. The number of benzene rings is 1. The van der Waals surface area contributed by atoms with Crippen LogP contribution in [0.5, 0.6) is 0 Å². The van der Waals surface area contributed by atoms with Gasteiger partial charge in [-0.05, 0) is 81.3 Å². The fourth-order valence-corrected chi connectivity index (χ4v) is 4.70. The van der Waals surface area contributed by atoms with Gasteiger partial charge >= 0.3 is 5.97 Å². The fraction of sp³-hybridized carbons (Fsp3) is 0.562. The predicted octanol–water partition coefficient (Wildman–Crippen LogP) is 4.83. The number of carboxylic acids is 1. The van der Waals surface area contributed by atoms with Crippen molar-refractivity contribution in [2.24, 2.45) is 5.92 Å². The maximum Gasteiger partial charge on any atom is 0.303 e. The highest BCUT2D eigenvalue weighted by Gasteiger charge is 2.11. The first-order valence-electron chi connectivity index (χ1n) is 15.2. The van der Waals surface area contributed by atoms with E-state index in [9.17, 15) is 4.79 Å². The Morgan fingerprint density at radius 3 is 2.64 bits per heavy atom. The molecule has 0 aliphatic carbocycles. The predicted molar refractivity (Wildman–Crippen MR) is 168 cm³/mol. The number of aromatic nitrogens is 3.